The van der Waals surface area contributed by atoms with Crippen molar-refractivity contribution in [1.29, 1.82) is 0 Å². The van der Waals surface area contributed by atoms with Crippen molar-refractivity contribution in [3.63, 3.8) is 0 Å². The van der Waals surface area contributed by atoms with E-state index in [0.717, 1.165) is 10.0 Å². The molecule has 1 unspecified atom stereocenters. The van der Waals surface area contributed by atoms with E-state index >= 15 is 0 Å². The van der Waals surface area contributed by atoms with Crippen LogP contribution in [-0.4, -0.2) is 29.3 Å². The summed E-state index contributed by atoms with van der Waals surface area (Å²) < 4.78 is 0.992. The fourth-order valence-electron chi connectivity index (χ4n) is 2.32. The van der Waals surface area contributed by atoms with Crippen LogP contribution in [0.4, 0.5) is 0 Å². The van der Waals surface area contributed by atoms with Gasteiger partial charge in [0.1, 0.15) is 6.04 Å². The summed E-state index contributed by atoms with van der Waals surface area (Å²) in [6, 6.07) is 7.47. The van der Waals surface area contributed by atoms with Crippen molar-refractivity contribution >= 4 is 27.7 Å². The van der Waals surface area contributed by atoms with Gasteiger partial charge in [-0.15, -0.1) is 0 Å². The quantitative estimate of drug-likeness (QED) is 0.919. The average molecular weight is 339 g/mol. The lowest BCUT2D eigenvalue weighted by atomic mass is 10.0. The molecule has 1 aromatic rings. The summed E-state index contributed by atoms with van der Waals surface area (Å²) in [7, 11) is 0. The molecule has 1 heterocycles. The molecule has 0 aliphatic carbocycles. The molecule has 1 aliphatic rings. The van der Waals surface area contributed by atoms with E-state index in [9.17, 15) is 9.59 Å². The summed E-state index contributed by atoms with van der Waals surface area (Å²) in [5.74, 6) is 0.0502. The largest absolute Gasteiger partial charge is 0.344 e. The molecular formula is C15H19BrN2O2. The third-order valence-corrected chi connectivity index (χ3v) is 3.93. The maximum Gasteiger partial charge on any atom is 0.245 e. The maximum atomic E-state index is 12.5. The summed E-state index contributed by atoms with van der Waals surface area (Å²) in [5.41, 5.74) is 1.06. The number of carbonyl (C=O) groups is 2. The van der Waals surface area contributed by atoms with Crippen LogP contribution in [0.2, 0.25) is 0 Å². The number of hydrogen-bond donors (Lipinski definition) is 1. The van der Waals surface area contributed by atoms with Crippen LogP contribution in [0.15, 0.2) is 28.7 Å². The van der Waals surface area contributed by atoms with Crippen molar-refractivity contribution in [2.24, 2.45) is 5.92 Å². The van der Waals surface area contributed by atoms with Gasteiger partial charge in [0.05, 0.1) is 0 Å². The minimum Gasteiger partial charge on any atom is -0.344 e. The second kappa shape index (κ2) is 6.39. The second-order valence-electron chi connectivity index (χ2n) is 5.43. The van der Waals surface area contributed by atoms with Crippen LogP contribution in [0.25, 0.3) is 0 Å². The molecule has 1 fully saturated rings. The molecule has 1 N–H and O–H groups in total. The minimum absolute atomic E-state index is 0.00539. The highest BCUT2D eigenvalue weighted by molar-refractivity contribution is 9.10. The highest BCUT2D eigenvalue weighted by Gasteiger charge is 2.31. The van der Waals surface area contributed by atoms with Crippen molar-refractivity contribution < 1.29 is 9.59 Å². The summed E-state index contributed by atoms with van der Waals surface area (Å²) in [6.45, 7) is 4.91. The molecule has 0 aromatic heterocycles. The lowest BCUT2D eigenvalue weighted by Crippen LogP contribution is -2.47. The highest BCUT2D eigenvalue weighted by atomic mass is 79.9. The van der Waals surface area contributed by atoms with Crippen LogP contribution in [-0.2, 0) is 16.1 Å². The van der Waals surface area contributed by atoms with E-state index in [2.05, 4.69) is 21.2 Å². The number of benzene rings is 1. The molecule has 5 heteroatoms. The van der Waals surface area contributed by atoms with Crippen LogP contribution in [0.1, 0.15) is 25.8 Å². The molecule has 0 saturated carbocycles. The Bertz CT molecular complexity index is 516. The standard InChI is InChI=1S/C15H19BrN2O2/c1-10(2)14-15(20)18(7-6-13(19)17-14)9-11-4-3-5-12(16)8-11/h3-5,8,10,14H,6-7,9H2,1-2H3,(H,17,19). The molecule has 0 spiro atoms. The Morgan fingerprint density at radius 1 is 1.40 bits per heavy atom. The number of amides is 2. The van der Waals surface area contributed by atoms with E-state index in [-0.39, 0.29) is 17.7 Å². The van der Waals surface area contributed by atoms with E-state index < -0.39 is 6.04 Å². The zero-order valence-electron chi connectivity index (χ0n) is 11.7. The van der Waals surface area contributed by atoms with Gasteiger partial charge in [-0.1, -0.05) is 41.9 Å². The Labute approximate surface area is 127 Å². The summed E-state index contributed by atoms with van der Waals surface area (Å²) in [5, 5.41) is 2.82. The molecule has 2 rings (SSSR count). The fourth-order valence-corrected chi connectivity index (χ4v) is 2.76. The van der Waals surface area contributed by atoms with E-state index in [0.29, 0.717) is 19.5 Å². The number of rotatable bonds is 3. The van der Waals surface area contributed by atoms with E-state index in [4.69, 9.17) is 0 Å². The van der Waals surface area contributed by atoms with Crippen molar-refractivity contribution in [2.75, 3.05) is 6.54 Å². The van der Waals surface area contributed by atoms with Gasteiger partial charge in [-0.3, -0.25) is 9.59 Å². The van der Waals surface area contributed by atoms with Crippen LogP contribution in [0.3, 0.4) is 0 Å². The zero-order valence-corrected chi connectivity index (χ0v) is 13.3. The number of nitrogens with zero attached hydrogens (tertiary/aromatic N) is 1. The van der Waals surface area contributed by atoms with Gasteiger partial charge in [0.15, 0.2) is 0 Å². The Morgan fingerprint density at radius 2 is 2.15 bits per heavy atom. The first-order valence-corrected chi connectivity index (χ1v) is 7.59. The number of carbonyl (C=O) groups excluding carboxylic acids is 2. The number of halogens is 1. The minimum atomic E-state index is -0.419. The topological polar surface area (TPSA) is 49.4 Å². The summed E-state index contributed by atoms with van der Waals surface area (Å²) in [6.07, 6.45) is 0.364. The van der Waals surface area contributed by atoms with Crippen LogP contribution < -0.4 is 5.32 Å². The summed E-state index contributed by atoms with van der Waals surface area (Å²) >= 11 is 3.43. The Balaban J connectivity index is 2.17. The van der Waals surface area contributed by atoms with E-state index in [1.54, 1.807) is 4.90 Å². The van der Waals surface area contributed by atoms with Gasteiger partial charge >= 0.3 is 0 Å². The lowest BCUT2D eigenvalue weighted by molar-refractivity contribution is -0.135. The van der Waals surface area contributed by atoms with E-state index in [1.165, 1.54) is 0 Å². The SMILES string of the molecule is CC(C)C1NC(=O)CCN(Cc2cccc(Br)c2)C1=O. The van der Waals surface area contributed by atoms with Crippen LogP contribution >= 0.6 is 15.9 Å². The summed E-state index contributed by atoms with van der Waals surface area (Å²) in [4.78, 5) is 26.0. The molecule has 2 amide bonds. The smallest absolute Gasteiger partial charge is 0.245 e. The van der Waals surface area contributed by atoms with Gasteiger partial charge < -0.3 is 10.2 Å². The molecule has 0 radical (unpaired) electrons. The van der Waals surface area contributed by atoms with E-state index in [1.807, 2.05) is 38.1 Å². The third kappa shape index (κ3) is 3.60. The Hall–Kier alpha value is -1.36. The first-order valence-electron chi connectivity index (χ1n) is 6.80. The molecule has 1 aliphatic heterocycles. The molecule has 0 bridgehead atoms. The Morgan fingerprint density at radius 3 is 2.80 bits per heavy atom. The Kier molecular flexibility index (Phi) is 4.81. The molecule has 108 valence electrons. The molecule has 4 nitrogen and oxygen atoms in total. The van der Waals surface area contributed by atoms with Gasteiger partial charge in [-0.05, 0) is 23.6 Å². The second-order valence-corrected chi connectivity index (χ2v) is 6.34. The number of hydrogen-bond acceptors (Lipinski definition) is 2. The lowest BCUT2D eigenvalue weighted by Gasteiger charge is -2.26. The predicted molar refractivity (Wildman–Crippen MR) is 80.9 cm³/mol. The van der Waals surface area contributed by atoms with Crippen molar-refractivity contribution in [3.8, 4) is 0 Å². The van der Waals surface area contributed by atoms with Crippen molar-refractivity contribution in [2.45, 2.75) is 32.9 Å². The van der Waals surface area contributed by atoms with Gasteiger partial charge in [-0.25, -0.2) is 0 Å². The zero-order chi connectivity index (χ0) is 14.7. The van der Waals surface area contributed by atoms with Crippen LogP contribution in [0, 0.1) is 5.92 Å². The maximum absolute atomic E-state index is 12.5. The fraction of sp³-hybridized carbons (Fsp3) is 0.467. The molecular weight excluding hydrogens is 320 g/mol. The first kappa shape index (κ1) is 15.0. The van der Waals surface area contributed by atoms with Crippen molar-refractivity contribution in [1.82, 2.24) is 10.2 Å². The highest BCUT2D eigenvalue weighted by Crippen LogP contribution is 2.17. The van der Waals surface area contributed by atoms with Crippen LogP contribution in [0.5, 0.6) is 0 Å². The normalized spacial score (nSPS) is 20.0. The third-order valence-electron chi connectivity index (χ3n) is 3.43. The average Bonchev–Trinajstić information content (AvgIpc) is 2.52. The predicted octanol–water partition coefficient (Wildman–Crippen LogP) is 2.32. The van der Waals surface area contributed by atoms with Gasteiger partial charge in [0.2, 0.25) is 11.8 Å². The molecule has 1 atom stereocenters. The van der Waals surface area contributed by atoms with Gasteiger partial charge in [0, 0.05) is 24.0 Å². The molecule has 1 saturated heterocycles. The van der Waals surface area contributed by atoms with Crippen molar-refractivity contribution in [3.05, 3.63) is 34.3 Å². The first-order chi connectivity index (χ1) is 9.47. The monoisotopic (exact) mass is 338 g/mol. The molecule has 1 aromatic carbocycles. The molecule has 20 heavy (non-hydrogen) atoms. The van der Waals surface area contributed by atoms with Gasteiger partial charge in [-0.2, -0.15) is 0 Å². The van der Waals surface area contributed by atoms with Gasteiger partial charge in [0.25, 0.3) is 0 Å². The number of nitrogens with one attached hydrogen (secondary N) is 1.